The number of hydrogen-bond donors (Lipinski definition) is 2. The summed E-state index contributed by atoms with van der Waals surface area (Å²) in [6.07, 6.45) is 1.31. The number of nitrogens with zero attached hydrogens (tertiary/aromatic N) is 2. The van der Waals surface area contributed by atoms with Crippen molar-refractivity contribution in [1.82, 2.24) is 15.5 Å². The fraction of sp³-hybridized carbons (Fsp3) is 0.538. The standard InChI is InChI=1S/C13H20N4OS/c1-5-13(6-2,12(14)19)15-11(18)10-7-8(3)16-17-9(10)4/h7H,5-6H2,1-4H3,(H2,14,19)(H,15,18). The summed E-state index contributed by atoms with van der Waals surface area (Å²) >= 11 is 5.09. The number of carbonyl (C=O) groups is 1. The Balaban J connectivity index is 3.07. The maximum Gasteiger partial charge on any atom is 0.254 e. The molecule has 0 saturated carbocycles. The van der Waals surface area contributed by atoms with Gasteiger partial charge < -0.3 is 11.1 Å². The summed E-state index contributed by atoms with van der Waals surface area (Å²) in [5, 5.41) is 10.8. The summed E-state index contributed by atoms with van der Waals surface area (Å²) < 4.78 is 0. The summed E-state index contributed by atoms with van der Waals surface area (Å²) in [5.41, 5.74) is 6.93. The van der Waals surface area contributed by atoms with Gasteiger partial charge in [0.1, 0.15) is 0 Å². The molecular formula is C13H20N4OS. The fourth-order valence-electron chi connectivity index (χ4n) is 1.90. The minimum absolute atomic E-state index is 0.216. The van der Waals surface area contributed by atoms with Gasteiger partial charge in [0, 0.05) is 0 Å². The third-order valence-corrected chi connectivity index (χ3v) is 3.77. The van der Waals surface area contributed by atoms with Crippen LogP contribution in [0.15, 0.2) is 6.07 Å². The lowest BCUT2D eigenvalue weighted by atomic mass is 9.92. The molecule has 0 unspecified atom stereocenters. The molecule has 104 valence electrons. The Morgan fingerprint density at radius 2 is 1.95 bits per heavy atom. The second-order valence-electron chi connectivity index (χ2n) is 4.59. The third-order valence-electron chi connectivity index (χ3n) is 3.38. The van der Waals surface area contributed by atoms with Crippen LogP contribution in [0.3, 0.4) is 0 Å². The molecule has 0 radical (unpaired) electrons. The zero-order chi connectivity index (χ0) is 14.6. The van der Waals surface area contributed by atoms with E-state index in [1.807, 2.05) is 13.8 Å². The monoisotopic (exact) mass is 280 g/mol. The van der Waals surface area contributed by atoms with Crippen molar-refractivity contribution >= 4 is 23.1 Å². The zero-order valence-corrected chi connectivity index (χ0v) is 12.6. The lowest BCUT2D eigenvalue weighted by molar-refractivity contribution is 0.0918. The Kier molecular flexibility index (Phi) is 4.94. The fourth-order valence-corrected chi connectivity index (χ4v) is 2.24. The molecule has 19 heavy (non-hydrogen) atoms. The molecule has 1 aromatic heterocycles. The molecule has 1 rings (SSSR count). The molecule has 1 aromatic rings. The Bertz CT molecular complexity index is 497. The van der Waals surface area contributed by atoms with Gasteiger partial charge in [0.05, 0.1) is 27.5 Å². The summed E-state index contributed by atoms with van der Waals surface area (Å²) in [5.74, 6) is -0.216. The third kappa shape index (κ3) is 3.26. The van der Waals surface area contributed by atoms with Gasteiger partial charge in [-0.1, -0.05) is 26.1 Å². The molecule has 6 heteroatoms. The highest BCUT2D eigenvalue weighted by molar-refractivity contribution is 7.80. The van der Waals surface area contributed by atoms with Gasteiger partial charge in [-0.25, -0.2) is 0 Å². The molecule has 0 spiro atoms. The highest BCUT2D eigenvalue weighted by Crippen LogP contribution is 2.17. The maximum absolute atomic E-state index is 12.4. The molecule has 5 nitrogen and oxygen atoms in total. The van der Waals surface area contributed by atoms with E-state index in [1.165, 1.54) is 0 Å². The first-order valence-corrected chi connectivity index (χ1v) is 6.70. The Morgan fingerprint density at radius 1 is 1.37 bits per heavy atom. The lowest BCUT2D eigenvalue weighted by Crippen LogP contribution is -2.56. The van der Waals surface area contributed by atoms with E-state index in [2.05, 4.69) is 15.5 Å². The van der Waals surface area contributed by atoms with Crippen LogP contribution in [0.4, 0.5) is 0 Å². The lowest BCUT2D eigenvalue weighted by Gasteiger charge is -2.31. The van der Waals surface area contributed by atoms with E-state index in [-0.39, 0.29) is 5.91 Å². The molecule has 0 saturated heterocycles. The molecule has 0 bridgehead atoms. The Hall–Kier alpha value is -1.56. The van der Waals surface area contributed by atoms with Crippen molar-refractivity contribution in [2.75, 3.05) is 0 Å². The Morgan fingerprint density at radius 3 is 2.42 bits per heavy atom. The SMILES string of the molecule is CCC(CC)(NC(=O)c1cc(C)nnc1C)C(N)=S. The van der Waals surface area contributed by atoms with Crippen molar-refractivity contribution in [3.05, 3.63) is 23.0 Å². The molecule has 0 aromatic carbocycles. The highest BCUT2D eigenvalue weighted by atomic mass is 32.1. The van der Waals surface area contributed by atoms with Crippen LogP contribution in [0.1, 0.15) is 48.4 Å². The van der Waals surface area contributed by atoms with Gasteiger partial charge in [-0.3, -0.25) is 4.79 Å². The van der Waals surface area contributed by atoms with Crippen molar-refractivity contribution in [3.63, 3.8) is 0 Å². The minimum Gasteiger partial charge on any atom is -0.391 e. The van der Waals surface area contributed by atoms with Crippen LogP contribution in [-0.4, -0.2) is 26.6 Å². The number of carbonyl (C=O) groups excluding carboxylic acids is 1. The number of thiocarbonyl (C=S) groups is 1. The van der Waals surface area contributed by atoms with Gasteiger partial charge in [0.15, 0.2) is 0 Å². The first kappa shape index (κ1) is 15.5. The predicted molar refractivity (Wildman–Crippen MR) is 79.1 cm³/mol. The van der Waals surface area contributed by atoms with E-state index in [4.69, 9.17) is 18.0 Å². The number of amides is 1. The maximum atomic E-state index is 12.4. The summed E-state index contributed by atoms with van der Waals surface area (Å²) in [4.78, 5) is 12.7. The first-order chi connectivity index (χ1) is 8.86. The molecule has 0 aliphatic heterocycles. The average Bonchev–Trinajstić information content (AvgIpc) is 2.38. The molecule has 1 amide bonds. The van der Waals surface area contributed by atoms with E-state index in [1.54, 1.807) is 19.9 Å². The quantitative estimate of drug-likeness (QED) is 0.802. The van der Waals surface area contributed by atoms with Crippen LogP contribution in [0.25, 0.3) is 0 Å². The van der Waals surface area contributed by atoms with Gasteiger partial charge in [-0.15, -0.1) is 0 Å². The number of rotatable bonds is 5. The van der Waals surface area contributed by atoms with E-state index < -0.39 is 5.54 Å². The second-order valence-corrected chi connectivity index (χ2v) is 5.03. The average molecular weight is 280 g/mol. The summed E-state index contributed by atoms with van der Waals surface area (Å²) in [7, 11) is 0. The van der Waals surface area contributed by atoms with Gasteiger partial charge >= 0.3 is 0 Å². The summed E-state index contributed by atoms with van der Waals surface area (Å²) in [6.45, 7) is 7.45. The van der Waals surface area contributed by atoms with Crippen LogP contribution in [0, 0.1) is 13.8 Å². The second kappa shape index (κ2) is 6.06. The van der Waals surface area contributed by atoms with Crippen molar-refractivity contribution in [2.45, 2.75) is 46.1 Å². The largest absolute Gasteiger partial charge is 0.391 e. The number of nitrogens with one attached hydrogen (secondary N) is 1. The highest BCUT2D eigenvalue weighted by Gasteiger charge is 2.32. The topological polar surface area (TPSA) is 80.9 Å². The van der Waals surface area contributed by atoms with Gasteiger partial charge in [-0.2, -0.15) is 10.2 Å². The van der Waals surface area contributed by atoms with Crippen LogP contribution in [-0.2, 0) is 0 Å². The molecular weight excluding hydrogens is 260 g/mol. The predicted octanol–water partition coefficient (Wildman–Crippen LogP) is 1.67. The molecule has 0 atom stereocenters. The van der Waals surface area contributed by atoms with E-state index in [0.29, 0.717) is 34.8 Å². The molecule has 0 aliphatic carbocycles. The summed E-state index contributed by atoms with van der Waals surface area (Å²) in [6, 6.07) is 1.72. The van der Waals surface area contributed by atoms with Crippen LogP contribution < -0.4 is 11.1 Å². The van der Waals surface area contributed by atoms with Gasteiger partial charge in [-0.05, 0) is 32.8 Å². The van der Waals surface area contributed by atoms with E-state index in [9.17, 15) is 4.79 Å². The van der Waals surface area contributed by atoms with Gasteiger partial charge in [0.25, 0.3) is 5.91 Å². The van der Waals surface area contributed by atoms with Crippen molar-refractivity contribution in [2.24, 2.45) is 5.73 Å². The first-order valence-electron chi connectivity index (χ1n) is 6.29. The molecule has 1 heterocycles. The van der Waals surface area contributed by atoms with E-state index >= 15 is 0 Å². The minimum atomic E-state index is -0.643. The smallest absolute Gasteiger partial charge is 0.254 e. The number of aryl methyl sites for hydroxylation is 2. The molecule has 3 N–H and O–H groups in total. The van der Waals surface area contributed by atoms with Crippen molar-refractivity contribution in [1.29, 1.82) is 0 Å². The van der Waals surface area contributed by atoms with Crippen molar-refractivity contribution in [3.8, 4) is 0 Å². The molecule has 0 aliphatic rings. The zero-order valence-electron chi connectivity index (χ0n) is 11.8. The number of hydrogen-bond acceptors (Lipinski definition) is 4. The van der Waals surface area contributed by atoms with Crippen LogP contribution in [0.5, 0.6) is 0 Å². The number of nitrogens with two attached hydrogens (primary N) is 1. The molecule has 0 fully saturated rings. The Labute approximate surface area is 119 Å². The normalized spacial score (nSPS) is 11.2. The number of aromatic nitrogens is 2. The van der Waals surface area contributed by atoms with E-state index in [0.717, 1.165) is 0 Å². The van der Waals surface area contributed by atoms with Crippen molar-refractivity contribution < 1.29 is 4.79 Å². The van der Waals surface area contributed by atoms with Crippen LogP contribution >= 0.6 is 12.2 Å². The van der Waals surface area contributed by atoms with Gasteiger partial charge in [0.2, 0.25) is 0 Å². The van der Waals surface area contributed by atoms with Crippen LogP contribution in [0.2, 0.25) is 0 Å².